The highest BCUT2D eigenvalue weighted by atomic mass is 127. The van der Waals surface area contributed by atoms with E-state index in [1.54, 1.807) is 0 Å². The molecule has 0 amide bonds. The molecule has 7 nitrogen and oxygen atoms in total. The Morgan fingerprint density at radius 1 is 1.43 bits per heavy atom. The van der Waals surface area contributed by atoms with Crippen molar-refractivity contribution in [2.75, 3.05) is 26.4 Å². The molecule has 0 aliphatic carbocycles. The number of carboxylic acids is 1. The van der Waals surface area contributed by atoms with Crippen molar-refractivity contribution in [1.29, 1.82) is 0 Å². The summed E-state index contributed by atoms with van der Waals surface area (Å²) in [5, 5.41) is 9.03. The summed E-state index contributed by atoms with van der Waals surface area (Å²) in [5.74, 6) is -1.17. The molecule has 1 atom stereocenters. The van der Waals surface area contributed by atoms with Gasteiger partial charge in [-0.25, -0.2) is 17.9 Å². The number of carbonyl (C=O) groups is 1. The number of aromatic carboxylic acids is 1. The van der Waals surface area contributed by atoms with Gasteiger partial charge in [0, 0.05) is 10.1 Å². The SMILES string of the molecule is O=C(O)c1cc(S(=O)(=O)NCC2COCCO2)ccc1I. The van der Waals surface area contributed by atoms with E-state index in [1.807, 2.05) is 22.6 Å². The van der Waals surface area contributed by atoms with E-state index in [0.717, 1.165) is 6.07 Å². The molecule has 1 heterocycles. The molecular formula is C12H14INO6S. The fraction of sp³-hybridized carbons (Fsp3) is 0.417. The van der Waals surface area contributed by atoms with Gasteiger partial charge in [-0.1, -0.05) is 0 Å². The average molecular weight is 427 g/mol. The summed E-state index contributed by atoms with van der Waals surface area (Å²) < 4.78 is 37.7. The van der Waals surface area contributed by atoms with Crippen LogP contribution in [0.15, 0.2) is 23.1 Å². The maximum atomic E-state index is 12.2. The zero-order valence-electron chi connectivity index (χ0n) is 10.9. The molecule has 9 heteroatoms. The molecule has 0 spiro atoms. The number of carboxylic acid groups (broad SMARTS) is 1. The van der Waals surface area contributed by atoms with Crippen molar-refractivity contribution < 1.29 is 27.8 Å². The Morgan fingerprint density at radius 2 is 2.19 bits per heavy atom. The molecular weight excluding hydrogens is 413 g/mol. The fourth-order valence-electron chi connectivity index (χ4n) is 1.78. The van der Waals surface area contributed by atoms with Crippen LogP contribution >= 0.6 is 22.6 Å². The molecule has 0 bridgehead atoms. The molecule has 0 radical (unpaired) electrons. The van der Waals surface area contributed by atoms with Crippen LogP contribution in [0.2, 0.25) is 0 Å². The van der Waals surface area contributed by atoms with E-state index < -0.39 is 16.0 Å². The van der Waals surface area contributed by atoms with E-state index in [0.29, 0.717) is 23.4 Å². The summed E-state index contributed by atoms with van der Waals surface area (Å²) in [6, 6.07) is 3.97. The van der Waals surface area contributed by atoms with Gasteiger partial charge in [0.1, 0.15) is 0 Å². The maximum Gasteiger partial charge on any atom is 0.336 e. The molecule has 1 aliphatic rings. The van der Waals surface area contributed by atoms with E-state index >= 15 is 0 Å². The predicted molar refractivity (Wildman–Crippen MR) is 81.9 cm³/mol. The fourth-order valence-corrected chi connectivity index (χ4v) is 3.43. The van der Waals surface area contributed by atoms with Crippen molar-refractivity contribution in [3.63, 3.8) is 0 Å². The zero-order chi connectivity index (χ0) is 15.5. The number of hydrogen-bond acceptors (Lipinski definition) is 5. The van der Waals surface area contributed by atoms with Gasteiger partial charge in [0.05, 0.1) is 36.4 Å². The minimum atomic E-state index is -3.78. The topological polar surface area (TPSA) is 102 Å². The minimum Gasteiger partial charge on any atom is -0.478 e. The quantitative estimate of drug-likeness (QED) is 0.671. The van der Waals surface area contributed by atoms with E-state index in [9.17, 15) is 13.2 Å². The smallest absolute Gasteiger partial charge is 0.336 e. The summed E-state index contributed by atoms with van der Waals surface area (Å²) in [6.07, 6.45) is -0.337. The predicted octanol–water partition coefficient (Wildman–Crippen LogP) is 0.683. The van der Waals surface area contributed by atoms with Crippen LogP contribution in [0.25, 0.3) is 0 Å². The number of rotatable bonds is 5. The van der Waals surface area contributed by atoms with E-state index in [4.69, 9.17) is 14.6 Å². The van der Waals surface area contributed by atoms with Gasteiger partial charge < -0.3 is 14.6 Å². The van der Waals surface area contributed by atoms with Crippen molar-refractivity contribution in [1.82, 2.24) is 4.72 Å². The minimum absolute atomic E-state index is 0.0456. The molecule has 1 saturated heterocycles. The first-order valence-corrected chi connectivity index (χ1v) is 8.68. The number of halogens is 1. The summed E-state index contributed by atoms with van der Waals surface area (Å²) in [4.78, 5) is 11.0. The maximum absolute atomic E-state index is 12.2. The molecule has 2 rings (SSSR count). The second kappa shape index (κ2) is 7.01. The summed E-state index contributed by atoms with van der Waals surface area (Å²) in [6.45, 7) is 1.34. The van der Waals surface area contributed by atoms with Crippen LogP contribution in [-0.4, -0.2) is 52.0 Å². The van der Waals surface area contributed by atoms with Crippen molar-refractivity contribution in [3.8, 4) is 0 Å². The third-order valence-electron chi connectivity index (χ3n) is 2.86. The Labute approximate surface area is 135 Å². The number of sulfonamides is 1. The molecule has 1 aromatic rings. The van der Waals surface area contributed by atoms with Gasteiger partial charge in [-0.3, -0.25) is 0 Å². The van der Waals surface area contributed by atoms with E-state index in [-0.39, 0.29) is 23.1 Å². The van der Waals surface area contributed by atoms with Crippen LogP contribution in [0.5, 0.6) is 0 Å². The van der Waals surface area contributed by atoms with Gasteiger partial charge in [-0.15, -0.1) is 0 Å². The molecule has 2 N–H and O–H groups in total. The third kappa shape index (κ3) is 4.36. The average Bonchev–Trinajstić information content (AvgIpc) is 2.46. The molecule has 1 fully saturated rings. The van der Waals surface area contributed by atoms with Gasteiger partial charge in [0.25, 0.3) is 0 Å². The molecule has 1 aliphatic heterocycles. The molecule has 0 saturated carbocycles. The van der Waals surface area contributed by atoms with E-state index in [1.165, 1.54) is 12.1 Å². The number of nitrogens with one attached hydrogen (secondary N) is 1. The lowest BCUT2D eigenvalue weighted by Gasteiger charge is -2.23. The highest BCUT2D eigenvalue weighted by molar-refractivity contribution is 14.1. The standard InChI is InChI=1S/C12H14INO6S/c13-11-2-1-9(5-10(11)12(15)16)21(17,18)14-6-8-7-19-3-4-20-8/h1-2,5,8,14H,3-4,6-7H2,(H,15,16). The lowest BCUT2D eigenvalue weighted by Crippen LogP contribution is -2.39. The Kier molecular flexibility index (Phi) is 5.54. The van der Waals surface area contributed by atoms with Crippen LogP contribution < -0.4 is 4.72 Å². The summed E-state index contributed by atoms with van der Waals surface area (Å²) in [5.41, 5.74) is -0.0456. The highest BCUT2D eigenvalue weighted by Crippen LogP contribution is 2.18. The summed E-state index contributed by atoms with van der Waals surface area (Å²) >= 11 is 1.84. The van der Waals surface area contributed by atoms with Gasteiger partial charge in [-0.05, 0) is 40.8 Å². The molecule has 1 unspecified atom stereocenters. The van der Waals surface area contributed by atoms with Gasteiger partial charge in [0.2, 0.25) is 10.0 Å². The van der Waals surface area contributed by atoms with Crippen molar-refractivity contribution in [3.05, 3.63) is 27.3 Å². The van der Waals surface area contributed by atoms with Crippen LogP contribution in [0.3, 0.4) is 0 Å². The first-order valence-electron chi connectivity index (χ1n) is 6.12. The largest absolute Gasteiger partial charge is 0.478 e. The Morgan fingerprint density at radius 3 is 2.81 bits per heavy atom. The first-order chi connectivity index (χ1) is 9.90. The molecule has 1 aromatic carbocycles. The van der Waals surface area contributed by atoms with Gasteiger partial charge in [0.15, 0.2) is 0 Å². The van der Waals surface area contributed by atoms with Crippen LogP contribution in [0.4, 0.5) is 0 Å². The molecule has 116 valence electrons. The lowest BCUT2D eigenvalue weighted by atomic mass is 10.2. The molecule has 0 aromatic heterocycles. The van der Waals surface area contributed by atoms with E-state index in [2.05, 4.69) is 4.72 Å². The number of hydrogen-bond donors (Lipinski definition) is 2. The van der Waals surface area contributed by atoms with Crippen molar-refractivity contribution >= 4 is 38.6 Å². The zero-order valence-corrected chi connectivity index (χ0v) is 13.9. The number of benzene rings is 1. The second-order valence-electron chi connectivity index (χ2n) is 4.37. The monoisotopic (exact) mass is 427 g/mol. The Balaban J connectivity index is 2.11. The van der Waals surface area contributed by atoms with Crippen molar-refractivity contribution in [2.45, 2.75) is 11.0 Å². The Hall–Kier alpha value is -0.750. The molecule has 21 heavy (non-hydrogen) atoms. The van der Waals surface area contributed by atoms with Crippen LogP contribution in [0, 0.1) is 3.57 Å². The van der Waals surface area contributed by atoms with Crippen LogP contribution in [-0.2, 0) is 19.5 Å². The Bertz CT molecular complexity index is 627. The lowest BCUT2D eigenvalue weighted by molar-refractivity contribution is -0.0846. The summed E-state index contributed by atoms with van der Waals surface area (Å²) in [7, 11) is -3.78. The van der Waals surface area contributed by atoms with Crippen LogP contribution in [0.1, 0.15) is 10.4 Å². The van der Waals surface area contributed by atoms with Gasteiger partial charge >= 0.3 is 5.97 Å². The van der Waals surface area contributed by atoms with Crippen molar-refractivity contribution in [2.24, 2.45) is 0 Å². The highest BCUT2D eigenvalue weighted by Gasteiger charge is 2.21. The number of ether oxygens (including phenoxy) is 2. The normalized spacial score (nSPS) is 19.4. The second-order valence-corrected chi connectivity index (χ2v) is 7.30. The first kappa shape index (κ1) is 16.6. The third-order valence-corrected chi connectivity index (χ3v) is 5.23. The van der Waals surface area contributed by atoms with Gasteiger partial charge in [-0.2, -0.15) is 0 Å².